The molecule has 1 saturated heterocycles. The highest BCUT2D eigenvalue weighted by Gasteiger charge is 2.23. The Bertz CT molecular complexity index is 654. The van der Waals surface area contributed by atoms with E-state index in [-0.39, 0.29) is 5.91 Å². The zero-order valence-electron chi connectivity index (χ0n) is 13.7. The van der Waals surface area contributed by atoms with Gasteiger partial charge in [-0.25, -0.2) is 0 Å². The van der Waals surface area contributed by atoms with Crippen LogP contribution in [0.25, 0.3) is 11.1 Å². The van der Waals surface area contributed by atoms with Crippen LogP contribution < -0.4 is 5.32 Å². The summed E-state index contributed by atoms with van der Waals surface area (Å²) in [6.45, 7) is 5.52. The third kappa shape index (κ3) is 4.20. The highest BCUT2D eigenvalue weighted by molar-refractivity contribution is 5.72. The van der Waals surface area contributed by atoms with Crippen molar-refractivity contribution in [2.24, 2.45) is 5.92 Å². The molecule has 3 heteroatoms. The van der Waals surface area contributed by atoms with E-state index in [2.05, 4.69) is 64.8 Å². The summed E-state index contributed by atoms with van der Waals surface area (Å²) < 4.78 is 0. The van der Waals surface area contributed by atoms with Gasteiger partial charge in [-0.2, -0.15) is 0 Å². The maximum absolute atomic E-state index is 11.0. The Hall–Kier alpha value is -2.13. The number of benzene rings is 2. The summed E-state index contributed by atoms with van der Waals surface area (Å²) in [7, 11) is 0. The predicted octanol–water partition coefficient (Wildman–Crippen LogP) is 3.31. The standard InChI is InChI=1S/C20H24N2O/c1-16(23)21-13-17-11-12-22(14-17)15-19-9-5-6-10-20(19)18-7-3-2-4-8-18/h2-10,17H,11-15H2,1H3,(H,21,23)/t17-/m1/s1. The molecular weight excluding hydrogens is 284 g/mol. The van der Waals surface area contributed by atoms with Crippen molar-refractivity contribution in [3.63, 3.8) is 0 Å². The molecule has 0 unspecified atom stereocenters. The summed E-state index contributed by atoms with van der Waals surface area (Å²) in [6.07, 6.45) is 1.16. The SMILES string of the molecule is CC(=O)NC[C@H]1CCN(Cc2ccccc2-c2ccccc2)C1. The average molecular weight is 308 g/mol. The second-order valence-electron chi connectivity index (χ2n) is 6.35. The number of carbonyl (C=O) groups is 1. The van der Waals surface area contributed by atoms with Crippen LogP contribution in [0, 0.1) is 5.92 Å². The van der Waals surface area contributed by atoms with Crippen LogP contribution in [0.5, 0.6) is 0 Å². The molecule has 0 aromatic heterocycles. The summed E-state index contributed by atoms with van der Waals surface area (Å²) >= 11 is 0. The van der Waals surface area contributed by atoms with Gasteiger partial charge < -0.3 is 5.32 Å². The van der Waals surface area contributed by atoms with Crippen molar-refractivity contribution >= 4 is 5.91 Å². The first-order chi connectivity index (χ1) is 11.2. The zero-order valence-corrected chi connectivity index (χ0v) is 13.7. The largest absolute Gasteiger partial charge is 0.356 e. The molecule has 1 amide bonds. The maximum atomic E-state index is 11.0. The zero-order chi connectivity index (χ0) is 16.1. The minimum atomic E-state index is 0.0675. The van der Waals surface area contributed by atoms with E-state index >= 15 is 0 Å². The summed E-state index contributed by atoms with van der Waals surface area (Å²) in [5.74, 6) is 0.640. The minimum Gasteiger partial charge on any atom is -0.356 e. The molecule has 0 saturated carbocycles. The lowest BCUT2D eigenvalue weighted by Gasteiger charge is -2.19. The van der Waals surface area contributed by atoms with Crippen molar-refractivity contribution in [1.82, 2.24) is 10.2 Å². The van der Waals surface area contributed by atoms with Gasteiger partial charge in [-0.05, 0) is 35.6 Å². The number of hydrogen-bond acceptors (Lipinski definition) is 2. The summed E-state index contributed by atoms with van der Waals surface area (Å²) in [6, 6.07) is 19.2. The van der Waals surface area contributed by atoms with Gasteiger partial charge in [0, 0.05) is 26.6 Å². The highest BCUT2D eigenvalue weighted by Crippen LogP contribution is 2.26. The molecule has 120 valence electrons. The van der Waals surface area contributed by atoms with Crippen LogP contribution in [0.3, 0.4) is 0 Å². The monoisotopic (exact) mass is 308 g/mol. The lowest BCUT2D eigenvalue weighted by Crippen LogP contribution is -2.29. The van der Waals surface area contributed by atoms with Crippen LogP contribution in [-0.4, -0.2) is 30.4 Å². The predicted molar refractivity (Wildman–Crippen MR) is 93.9 cm³/mol. The van der Waals surface area contributed by atoms with E-state index in [1.165, 1.54) is 16.7 Å². The number of hydrogen-bond donors (Lipinski definition) is 1. The van der Waals surface area contributed by atoms with Crippen LogP contribution >= 0.6 is 0 Å². The van der Waals surface area contributed by atoms with Crippen LogP contribution in [0.15, 0.2) is 54.6 Å². The van der Waals surface area contributed by atoms with Crippen LogP contribution in [0.2, 0.25) is 0 Å². The summed E-state index contributed by atoms with van der Waals surface area (Å²) in [5.41, 5.74) is 3.97. The molecule has 2 aromatic carbocycles. The van der Waals surface area contributed by atoms with Crippen molar-refractivity contribution in [1.29, 1.82) is 0 Å². The molecule has 0 spiro atoms. The fourth-order valence-electron chi connectivity index (χ4n) is 3.31. The molecule has 1 fully saturated rings. The Morgan fingerprint density at radius 1 is 1.13 bits per heavy atom. The fraction of sp³-hybridized carbons (Fsp3) is 0.350. The van der Waals surface area contributed by atoms with Crippen molar-refractivity contribution in [3.8, 4) is 11.1 Å². The van der Waals surface area contributed by atoms with E-state index in [0.29, 0.717) is 5.92 Å². The molecule has 1 heterocycles. The first-order valence-corrected chi connectivity index (χ1v) is 8.32. The third-order valence-electron chi connectivity index (χ3n) is 4.51. The Morgan fingerprint density at radius 2 is 1.87 bits per heavy atom. The highest BCUT2D eigenvalue weighted by atomic mass is 16.1. The van der Waals surface area contributed by atoms with Crippen molar-refractivity contribution in [2.75, 3.05) is 19.6 Å². The average Bonchev–Trinajstić information content (AvgIpc) is 3.02. The van der Waals surface area contributed by atoms with E-state index in [1.807, 2.05) is 0 Å². The molecule has 23 heavy (non-hydrogen) atoms. The number of carbonyl (C=O) groups excluding carboxylic acids is 1. The summed E-state index contributed by atoms with van der Waals surface area (Å²) in [4.78, 5) is 13.5. The van der Waals surface area contributed by atoms with E-state index in [1.54, 1.807) is 6.92 Å². The van der Waals surface area contributed by atoms with Gasteiger partial charge in [-0.1, -0.05) is 54.6 Å². The van der Waals surface area contributed by atoms with Crippen molar-refractivity contribution in [3.05, 3.63) is 60.2 Å². The molecule has 1 N–H and O–H groups in total. The normalized spacial score (nSPS) is 18.0. The van der Waals surface area contributed by atoms with E-state index in [9.17, 15) is 4.79 Å². The molecule has 0 radical (unpaired) electrons. The van der Waals surface area contributed by atoms with Gasteiger partial charge in [-0.3, -0.25) is 9.69 Å². The molecular formula is C20H24N2O. The van der Waals surface area contributed by atoms with E-state index in [0.717, 1.165) is 32.6 Å². The number of nitrogens with zero attached hydrogens (tertiary/aromatic N) is 1. The molecule has 0 bridgehead atoms. The van der Waals surface area contributed by atoms with Gasteiger partial charge >= 0.3 is 0 Å². The Kier molecular flexibility index (Phi) is 5.09. The number of amides is 1. The maximum Gasteiger partial charge on any atom is 0.216 e. The Labute approximate surface area is 138 Å². The molecule has 1 atom stereocenters. The smallest absolute Gasteiger partial charge is 0.216 e. The van der Waals surface area contributed by atoms with Gasteiger partial charge in [-0.15, -0.1) is 0 Å². The van der Waals surface area contributed by atoms with Gasteiger partial charge in [0.15, 0.2) is 0 Å². The lowest BCUT2D eigenvalue weighted by molar-refractivity contribution is -0.119. The van der Waals surface area contributed by atoms with Crippen LogP contribution in [0.1, 0.15) is 18.9 Å². The van der Waals surface area contributed by atoms with Gasteiger partial charge in [0.1, 0.15) is 0 Å². The molecule has 3 rings (SSSR count). The number of likely N-dealkylation sites (tertiary alicyclic amines) is 1. The number of rotatable bonds is 5. The van der Waals surface area contributed by atoms with Gasteiger partial charge in [0.2, 0.25) is 5.91 Å². The molecule has 1 aliphatic heterocycles. The fourth-order valence-corrected chi connectivity index (χ4v) is 3.31. The minimum absolute atomic E-state index is 0.0675. The number of nitrogens with one attached hydrogen (secondary N) is 1. The van der Waals surface area contributed by atoms with Crippen LogP contribution in [0.4, 0.5) is 0 Å². The second kappa shape index (κ2) is 7.42. The molecule has 3 nitrogen and oxygen atoms in total. The Morgan fingerprint density at radius 3 is 2.65 bits per heavy atom. The quantitative estimate of drug-likeness (QED) is 0.919. The first-order valence-electron chi connectivity index (χ1n) is 8.32. The van der Waals surface area contributed by atoms with Crippen molar-refractivity contribution < 1.29 is 4.79 Å². The van der Waals surface area contributed by atoms with Crippen LogP contribution in [-0.2, 0) is 11.3 Å². The topological polar surface area (TPSA) is 32.3 Å². The lowest BCUT2D eigenvalue weighted by atomic mass is 9.99. The van der Waals surface area contributed by atoms with E-state index < -0.39 is 0 Å². The first kappa shape index (κ1) is 15.8. The second-order valence-corrected chi connectivity index (χ2v) is 6.35. The summed E-state index contributed by atoms with van der Waals surface area (Å²) in [5, 5.41) is 2.94. The molecule has 0 aliphatic carbocycles. The van der Waals surface area contributed by atoms with E-state index in [4.69, 9.17) is 0 Å². The molecule has 1 aliphatic rings. The van der Waals surface area contributed by atoms with Gasteiger partial charge in [0.25, 0.3) is 0 Å². The Balaban J connectivity index is 1.66. The van der Waals surface area contributed by atoms with Gasteiger partial charge in [0.05, 0.1) is 0 Å². The molecule has 2 aromatic rings. The van der Waals surface area contributed by atoms with Crippen molar-refractivity contribution in [2.45, 2.75) is 19.9 Å². The third-order valence-corrected chi connectivity index (χ3v) is 4.51.